The number of aromatic nitrogens is 1. The van der Waals surface area contributed by atoms with Gasteiger partial charge in [-0.3, -0.25) is 4.79 Å². The van der Waals surface area contributed by atoms with Gasteiger partial charge in [0.2, 0.25) is 0 Å². The maximum absolute atomic E-state index is 12.7. The molecule has 7 heteroatoms. The summed E-state index contributed by atoms with van der Waals surface area (Å²) >= 11 is 3.28. The smallest absolute Gasteiger partial charge is 0.279 e. The zero-order chi connectivity index (χ0) is 19.9. The summed E-state index contributed by atoms with van der Waals surface area (Å²) in [5.41, 5.74) is 1.62. The maximum Gasteiger partial charge on any atom is 0.279 e. The van der Waals surface area contributed by atoms with E-state index in [2.05, 4.69) is 15.8 Å². The molecule has 0 aliphatic carbocycles. The van der Waals surface area contributed by atoms with Crippen LogP contribution in [0, 0.1) is 0 Å². The van der Waals surface area contributed by atoms with E-state index in [1.54, 1.807) is 36.0 Å². The number of carbonyl (C=O) groups is 1. The summed E-state index contributed by atoms with van der Waals surface area (Å²) in [6, 6.07) is 13.1. The highest BCUT2D eigenvalue weighted by atomic mass is 32.2. The molecule has 0 fully saturated rings. The Labute approximate surface area is 173 Å². The molecule has 148 valence electrons. The van der Waals surface area contributed by atoms with Gasteiger partial charge in [0.05, 0.1) is 23.4 Å². The Kier molecular flexibility index (Phi) is 7.17. The quantitative estimate of drug-likeness (QED) is 0.538. The van der Waals surface area contributed by atoms with E-state index in [4.69, 9.17) is 9.47 Å². The van der Waals surface area contributed by atoms with Crippen molar-refractivity contribution in [3.05, 3.63) is 52.8 Å². The highest BCUT2D eigenvalue weighted by molar-refractivity contribution is 7.98. The van der Waals surface area contributed by atoms with Gasteiger partial charge in [0.25, 0.3) is 5.91 Å². The van der Waals surface area contributed by atoms with Gasteiger partial charge in [-0.25, -0.2) is 0 Å². The molecule has 3 aromatic rings. The van der Waals surface area contributed by atoms with Crippen LogP contribution in [0.5, 0.6) is 11.5 Å². The van der Waals surface area contributed by atoms with Gasteiger partial charge in [-0.1, -0.05) is 11.3 Å². The minimum absolute atomic E-state index is 0.252. The number of thiazole rings is 1. The number of ether oxygens (including phenoxy) is 2. The van der Waals surface area contributed by atoms with Gasteiger partial charge in [-0.2, -0.15) is 16.8 Å². The van der Waals surface area contributed by atoms with Crippen LogP contribution < -0.4 is 14.3 Å². The van der Waals surface area contributed by atoms with E-state index in [0.29, 0.717) is 23.6 Å². The fraction of sp³-hybridized carbons (Fsp3) is 0.333. The highest BCUT2D eigenvalue weighted by Gasteiger charge is 2.10. The minimum Gasteiger partial charge on any atom is -0.494 e. The number of fused-ring (bicyclic) bond motifs is 1. The molecule has 0 spiro atoms. The van der Waals surface area contributed by atoms with E-state index in [0.717, 1.165) is 34.0 Å². The van der Waals surface area contributed by atoms with Crippen molar-refractivity contribution < 1.29 is 14.3 Å². The topological polar surface area (TPSA) is 52.8 Å². The van der Waals surface area contributed by atoms with E-state index in [-0.39, 0.29) is 5.91 Å². The molecule has 0 saturated carbocycles. The van der Waals surface area contributed by atoms with Crippen molar-refractivity contribution in [2.75, 3.05) is 25.2 Å². The van der Waals surface area contributed by atoms with Gasteiger partial charge in [-0.15, -0.1) is 0 Å². The van der Waals surface area contributed by atoms with Crippen molar-refractivity contribution in [3.8, 4) is 11.5 Å². The van der Waals surface area contributed by atoms with Crippen molar-refractivity contribution in [1.29, 1.82) is 0 Å². The number of amides is 1. The molecule has 2 aromatic carbocycles. The van der Waals surface area contributed by atoms with E-state index in [9.17, 15) is 4.79 Å². The second kappa shape index (κ2) is 9.80. The Morgan fingerprint density at radius 3 is 2.43 bits per heavy atom. The molecule has 1 heterocycles. The van der Waals surface area contributed by atoms with Crippen LogP contribution in [0.15, 0.2) is 47.5 Å². The number of carbonyl (C=O) groups excluding carboxylic acids is 1. The monoisotopic (exact) mass is 416 g/mol. The lowest BCUT2D eigenvalue weighted by molar-refractivity contribution is 0.0998. The summed E-state index contributed by atoms with van der Waals surface area (Å²) in [7, 11) is 0. The first-order chi connectivity index (χ1) is 13.7. The first-order valence-corrected chi connectivity index (χ1v) is 11.4. The Balaban J connectivity index is 1.99. The third-order valence-electron chi connectivity index (χ3n) is 4.09. The average molecular weight is 417 g/mol. The average Bonchev–Trinajstić information content (AvgIpc) is 3.03. The second-order valence-corrected chi connectivity index (χ2v) is 7.96. The molecule has 0 N–H and O–H groups in total. The van der Waals surface area contributed by atoms with Gasteiger partial charge in [0, 0.05) is 17.9 Å². The molecule has 0 atom stereocenters. The van der Waals surface area contributed by atoms with Crippen LogP contribution in [-0.2, 0) is 6.54 Å². The molecule has 1 amide bonds. The van der Waals surface area contributed by atoms with E-state index < -0.39 is 0 Å². The van der Waals surface area contributed by atoms with Gasteiger partial charge in [0.15, 0.2) is 4.80 Å². The summed E-state index contributed by atoms with van der Waals surface area (Å²) in [5, 5.41) is 0. The Morgan fingerprint density at radius 2 is 1.75 bits per heavy atom. The zero-order valence-electron chi connectivity index (χ0n) is 16.3. The molecule has 28 heavy (non-hydrogen) atoms. The van der Waals surface area contributed by atoms with Crippen LogP contribution in [0.25, 0.3) is 10.2 Å². The van der Waals surface area contributed by atoms with Crippen molar-refractivity contribution in [3.63, 3.8) is 0 Å². The third-order valence-corrected chi connectivity index (χ3v) is 5.73. The Hall–Kier alpha value is -2.25. The number of rotatable bonds is 8. The fourth-order valence-electron chi connectivity index (χ4n) is 2.81. The zero-order valence-corrected chi connectivity index (χ0v) is 17.9. The first kappa shape index (κ1) is 20.5. The van der Waals surface area contributed by atoms with Crippen LogP contribution in [0.1, 0.15) is 24.2 Å². The van der Waals surface area contributed by atoms with Crippen molar-refractivity contribution in [1.82, 2.24) is 4.57 Å². The normalized spacial score (nSPS) is 11.8. The van der Waals surface area contributed by atoms with Crippen LogP contribution in [0.4, 0.5) is 0 Å². The number of benzene rings is 2. The molecular formula is C21H24N2O3S2. The van der Waals surface area contributed by atoms with Crippen LogP contribution in [0.3, 0.4) is 0 Å². The molecule has 0 aliphatic heterocycles. The van der Waals surface area contributed by atoms with Crippen molar-refractivity contribution in [2.45, 2.75) is 20.4 Å². The van der Waals surface area contributed by atoms with Crippen LogP contribution >= 0.6 is 23.1 Å². The maximum atomic E-state index is 12.7. The highest BCUT2D eigenvalue weighted by Crippen LogP contribution is 2.24. The number of hydrogen-bond acceptors (Lipinski definition) is 5. The molecule has 5 nitrogen and oxygen atoms in total. The summed E-state index contributed by atoms with van der Waals surface area (Å²) in [5.74, 6) is 2.28. The van der Waals surface area contributed by atoms with E-state index in [1.807, 2.05) is 32.0 Å². The number of aryl methyl sites for hydroxylation is 1. The summed E-state index contributed by atoms with van der Waals surface area (Å²) in [6.45, 7) is 5.91. The van der Waals surface area contributed by atoms with Gasteiger partial charge < -0.3 is 14.0 Å². The Morgan fingerprint density at radius 1 is 1.07 bits per heavy atom. The van der Waals surface area contributed by atoms with Gasteiger partial charge >= 0.3 is 0 Å². The summed E-state index contributed by atoms with van der Waals surface area (Å²) in [4.78, 5) is 17.8. The molecule has 0 unspecified atom stereocenters. The predicted octanol–water partition coefficient (Wildman–Crippen LogP) is 4.60. The van der Waals surface area contributed by atoms with E-state index >= 15 is 0 Å². The number of hydrogen-bond donors (Lipinski definition) is 0. The molecule has 0 aliphatic rings. The Bertz CT molecular complexity index is 1010. The minimum atomic E-state index is -0.252. The predicted molar refractivity (Wildman–Crippen MR) is 117 cm³/mol. The standard InChI is InChI=1S/C21H24N2O3S2/c1-4-25-16-8-6-15(7-9-16)20(24)22-21-23(12-13-27-3)18-11-10-17(26-5-2)14-19(18)28-21/h6-11,14H,4-5,12-13H2,1-3H3. The second-order valence-electron chi connectivity index (χ2n) is 5.97. The first-order valence-electron chi connectivity index (χ1n) is 9.23. The third kappa shape index (κ3) is 4.77. The molecule has 0 bridgehead atoms. The van der Waals surface area contributed by atoms with Crippen LogP contribution in [-0.4, -0.2) is 35.7 Å². The van der Waals surface area contributed by atoms with Gasteiger partial charge in [-0.05, 0) is 62.6 Å². The molecule has 0 radical (unpaired) electrons. The molecule has 3 rings (SSSR count). The fourth-order valence-corrected chi connectivity index (χ4v) is 4.25. The number of thioether (sulfide) groups is 1. The lowest BCUT2D eigenvalue weighted by Gasteiger charge is -2.05. The molecule has 0 saturated heterocycles. The molecular weight excluding hydrogens is 392 g/mol. The largest absolute Gasteiger partial charge is 0.494 e. The molecule has 1 aromatic heterocycles. The van der Waals surface area contributed by atoms with Gasteiger partial charge in [0.1, 0.15) is 11.5 Å². The lowest BCUT2D eigenvalue weighted by Crippen LogP contribution is -2.18. The summed E-state index contributed by atoms with van der Waals surface area (Å²) in [6.07, 6.45) is 2.07. The number of nitrogens with zero attached hydrogens (tertiary/aromatic N) is 2. The summed E-state index contributed by atoms with van der Waals surface area (Å²) < 4.78 is 14.2. The van der Waals surface area contributed by atoms with E-state index in [1.165, 1.54) is 11.3 Å². The SMILES string of the molecule is CCOc1ccc(C(=O)N=c2sc3cc(OCC)ccc3n2CCSC)cc1. The van der Waals surface area contributed by atoms with Crippen LogP contribution in [0.2, 0.25) is 0 Å². The lowest BCUT2D eigenvalue weighted by atomic mass is 10.2. The van der Waals surface area contributed by atoms with Crippen molar-refractivity contribution in [2.24, 2.45) is 4.99 Å². The van der Waals surface area contributed by atoms with Crippen molar-refractivity contribution >= 4 is 39.2 Å².